The fourth-order valence-corrected chi connectivity index (χ4v) is 2.27. The van der Waals surface area contributed by atoms with Crippen LogP contribution in [-0.2, 0) is 11.4 Å². The van der Waals surface area contributed by atoms with E-state index < -0.39 is 5.97 Å². The maximum absolute atomic E-state index is 10.5. The van der Waals surface area contributed by atoms with Crippen molar-refractivity contribution in [3.05, 3.63) is 42.4 Å². The quantitative estimate of drug-likeness (QED) is 0.801. The largest absolute Gasteiger partial charge is 0.481 e. The predicted octanol–water partition coefficient (Wildman–Crippen LogP) is 1.54. The van der Waals surface area contributed by atoms with Crippen LogP contribution in [0.4, 0.5) is 0 Å². The highest BCUT2D eigenvalue weighted by Gasteiger charge is 2.13. The summed E-state index contributed by atoms with van der Waals surface area (Å²) in [6, 6.07) is 9.47. The molecule has 18 heavy (non-hydrogen) atoms. The fraction of sp³-hybridized carbons (Fsp3) is 0.167. The number of benzene rings is 1. The Balaban J connectivity index is 2.30. The fourth-order valence-electron chi connectivity index (χ4n) is 1.56. The zero-order chi connectivity index (χ0) is 13.0. The molecule has 1 aromatic heterocycles. The monoisotopic (exact) mass is 264 g/mol. The minimum absolute atomic E-state index is 0.0706. The molecule has 1 aromatic carbocycles. The minimum atomic E-state index is -0.904. The molecule has 5 nitrogen and oxygen atoms in total. The highest BCUT2D eigenvalue weighted by molar-refractivity contribution is 7.99. The van der Waals surface area contributed by atoms with Gasteiger partial charge in [-0.1, -0.05) is 30.0 Å². The van der Waals surface area contributed by atoms with Gasteiger partial charge < -0.3 is 10.2 Å². The Hall–Kier alpha value is -1.79. The Morgan fingerprint density at radius 2 is 2.06 bits per heavy atom. The number of aliphatic hydroxyl groups is 1. The first kappa shape index (κ1) is 12.7. The molecule has 2 N–H and O–H groups in total. The Kier molecular flexibility index (Phi) is 4.01. The average molecular weight is 264 g/mol. The van der Waals surface area contributed by atoms with Gasteiger partial charge in [-0.05, 0) is 12.1 Å². The second-order valence-corrected chi connectivity index (χ2v) is 4.51. The zero-order valence-corrected chi connectivity index (χ0v) is 10.3. The molecule has 0 atom stereocenters. The molecule has 0 aliphatic carbocycles. The van der Waals surface area contributed by atoms with Crippen molar-refractivity contribution in [2.75, 3.05) is 5.75 Å². The van der Waals surface area contributed by atoms with Crippen LogP contribution in [0, 0.1) is 0 Å². The van der Waals surface area contributed by atoms with Gasteiger partial charge in [-0.2, -0.15) is 0 Å². The third-order valence-corrected chi connectivity index (χ3v) is 3.35. The lowest BCUT2D eigenvalue weighted by molar-refractivity contribution is -0.133. The second-order valence-electron chi connectivity index (χ2n) is 3.54. The third kappa shape index (κ3) is 2.72. The molecule has 0 radical (unpaired) electrons. The summed E-state index contributed by atoms with van der Waals surface area (Å²) in [5.74, 6) is -0.975. The lowest BCUT2D eigenvalue weighted by Gasteiger charge is -2.06. The first-order chi connectivity index (χ1) is 8.72. The van der Waals surface area contributed by atoms with E-state index in [0.717, 1.165) is 17.4 Å². The summed E-state index contributed by atoms with van der Waals surface area (Å²) < 4.78 is 1.75. The number of hydrogen-bond acceptors (Lipinski definition) is 4. The van der Waals surface area contributed by atoms with Crippen molar-refractivity contribution in [3.8, 4) is 5.69 Å². The van der Waals surface area contributed by atoms with Crippen molar-refractivity contribution in [2.45, 2.75) is 11.6 Å². The Labute approximate surface area is 108 Å². The number of carboxylic acid groups (broad SMARTS) is 1. The van der Waals surface area contributed by atoms with Crippen molar-refractivity contribution in [1.29, 1.82) is 0 Å². The van der Waals surface area contributed by atoms with Crippen molar-refractivity contribution in [2.24, 2.45) is 0 Å². The van der Waals surface area contributed by atoms with Crippen LogP contribution in [0.5, 0.6) is 0 Å². The number of rotatable bonds is 5. The standard InChI is InChI=1S/C12H12N2O3S/c15-6-10-12(18-7-11(16)17)13-8-14(10)9-4-2-1-3-5-9/h1-5,8,15H,6-7H2,(H,16,17). The maximum atomic E-state index is 10.5. The third-order valence-electron chi connectivity index (χ3n) is 2.34. The first-order valence-corrected chi connectivity index (χ1v) is 6.28. The van der Waals surface area contributed by atoms with Gasteiger partial charge in [0.25, 0.3) is 0 Å². The lowest BCUT2D eigenvalue weighted by Crippen LogP contribution is -2.01. The van der Waals surface area contributed by atoms with Crippen molar-refractivity contribution >= 4 is 17.7 Å². The lowest BCUT2D eigenvalue weighted by atomic mass is 10.3. The van der Waals surface area contributed by atoms with Gasteiger partial charge >= 0.3 is 5.97 Å². The van der Waals surface area contributed by atoms with E-state index in [1.807, 2.05) is 30.3 Å². The van der Waals surface area contributed by atoms with E-state index in [9.17, 15) is 9.90 Å². The predicted molar refractivity (Wildman–Crippen MR) is 67.8 cm³/mol. The number of thioether (sulfide) groups is 1. The Bertz CT molecular complexity index is 540. The second kappa shape index (κ2) is 5.70. The van der Waals surface area contributed by atoms with Gasteiger partial charge in [0, 0.05) is 5.69 Å². The number of carbonyl (C=O) groups is 1. The van der Waals surface area contributed by atoms with E-state index in [1.165, 1.54) is 0 Å². The summed E-state index contributed by atoms with van der Waals surface area (Å²) in [4.78, 5) is 14.7. The van der Waals surface area contributed by atoms with Crippen LogP contribution in [0.15, 0.2) is 41.7 Å². The molecular formula is C12H12N2O3S. The molecule has 2 rings (SSSR count). The van der Waals surface area contributed by atoms with Gasteiger partial charge in [0.2, 0.25) is 0 Å². The number of aromatic nitrogens is 2. The summed E-state index contributed by atoms with van der Waals surface area (Å²) in [6.45, 7) is -0.184. The topological polar surface area (TPSA) is 75.3 Å². The van der Waals surface area contributed by atoms with Crippen LogP contribution >= 0.6 is 11.8 Å². The van der Waals surface area contributed by atoms with Gasteiger partial charge in [0.15, 0.2) is 0 Å². The van der Waals surface area contributed by atoms with Gasteiger partial charge in [-0.25, -0.2) is 4.98 Å². The molecule has 0 saturated carbocycles. The molecular weight excluding hydrogens is 252 g/mol. The van der Waals surface area contributed by atoms with Crippen LogP contribution in [0.3, 0.4) is 0 Å². The SMILES string of the molecule is O=C(O)CSc1ncn(-c2ccccc2)c1CO. The summed E-state index contributed by atoms with van der Waals surface area (Å²) >= 11 is 1.10. The molecule has 94 valence electrons. The van der Waals surface area contributed by atoms with E-state index in [-0.39, 0.29) is 12.4 Å². The summed E-state index contributed by atoms with van der Waals surface area (Å²) in [5.41, 5.74) is 1.49. The number of aliphatic carboxylic acids is 1. The molecule has 2 aromatic rings. The Morgan fingerprint density at radius 1 is 1.33 bits per heavy atom. The maximum Gasteiger partial charge on any atom is 0.313 e. The molecule has 0 bridgehead atoms. The van der Waals surface area contributed by atoms with E-state index in [2.05, 4.69) is 4.98 Å². The molecule has 0 fully saturated rings. The molecule has 0 unspecified atom stereocenters. The van der Waals surface area contributed by atoms with Crippen molar-refractivity contribution in [3.63, 3.8) is 0 Å². The van der Waals surface area contributed by atoms with E-state index >= 15 is 0 Å². The Morgan fingerprint density at radius 3 is 2.67 bits per heavy atom. The summed E-state index contributed by atoms with van der Waals surface area (Å²) in [5, 5.41) is 18.6. The normalized spacial score (nSPS) is 10.5. The van der Waals surface area contributed by atoms with Crippen LogP contribution in [0.2, 0.25) is 0 Å². The number of nitrogens with zero attached hydrogens (tertiary/aromatic N) is 2. The smallest absolute Gasteiger partial charge is 0.313 e. The number of aliphatic hydroxyl groups excluding tert-OH is 1. The average Bonchev–Trinajstić information content (AvgIpc) is 2.80. The molecule has 0 aliphatic heterocycles. The van der Waals surface area contributed by atoms with Gasteiger partial charge in [0.05, 0.1) is 18.1 Å². The van der Waals surface area contributed by atoms with Gasteiger partial charge in [-0.15, -0.1) is 0 Å². The summed E-state index contributed by atoms with van der Waals surface area (Å²) in [6.07, 6.45) is 1.59. The highest BCUT2D eigenvalue weighted by Crippen LogP contribution is 2.23. The molecule has 0 saturated heterocycles. The minimum Gasteiger partial charge on any atom is -0.481 e. The molecule has 0 aliphatic rings. The first-order valence-electron chi connectivity index (χ1n) is 5.29. The van der Waals surface area contributed by atoms with E-state index in [1.54, 1.807) is 10.9 Å². The molecule has 0 amide bonds. The highest BCUT2D eigenvalue weighted by atomic mass is 32.2. The van der Waals surface area contributed by atoms with Crippen LogP contribution in [0.25, 0.3) is 5.69 Å². The molecule has 1 heterocycles. The van der Waals surface area contributed by atoms with Crippen LogP contribution in [0.1, 0.15) is 5.69 Å². The van der Waals surface area contributed by atoms with E-state index in [0.29, 0.717) is 10.7 Å². The molecule has 6 heteroatoms. The van der Waals surface area contributed by atoms with Gasteiger partial charge in [-0.3, -0.25) is 9.36 Å². The number of imidazole rings is 1. The van der Waals surface area contributed by atoms with Crippen LogP contribution < -0.4 is 0 Å². The zero-order valence-electron chi connectivity index (χ0n) is 9.48. The van der Waals surface area contributed by atoms with Gasteiger partial charge in [0.1, 0.15) is 11.4 Å². The number of carboxylic acids is 1. The van der Waals surface area contributed by atoms with Crippen molar-refractivity contribution < 1.29 is 15.0 Å². The summed E-state index contributed by atoms with van der Waals surface area (Å²) in [7, 11) is 0. The number of para-hydroxylation sites is 1. The van der Waals surface area contributed by atoms with E-state index in [4.69, 9.17) is 5.11 Å². The van der Waals surface area contributed by atoms with Crippen molar-refractivity contribution in [1.82, 2.24) is 9.55 Å². The number of hydrogen-bond donors (Lipinski definition) is 2. The molecule has 0 spiro atoms. The van der Waals surface area contributed by atoms with Crippen LogP contribution in [-0.4, -0.2) is 31.5 Å².